The molecule has 2 fully saturated rings. The van der Waals surface area contributed by atoms with E-state index in [0.717, 1.165) is 54.8 Å². The summed E-state index contributed by atoms with van der Waals surface area (Å²) in [6.45, 7) is 5.65. The fourth-order valence-electron chi connectivity index (χ4n) is 4.00. The van der Waals surface area contributed by atoms with Crippen molar-refractivity contribution >= 4 is 22.8 Å². The van der Waals surface area contributed by atoms with Gasteiger partial charge in [-0.1, -0.05) is 6.42 Å². The van der Waals surface area contributed by atoms with Gasteiger partial charge in [-0.15, -0.1) is 0 Å². The Morgan fingerprint density at radius 1 is 0.963 bits per heavy atom. The standard InChI is InChI=1S/C19H24N8/c1-13-23-15(14-4-3-5-14)10-16(24-13)26-6-8-27(9-7-26)19-17-18(20-11-21-19)22-12-25(17)2/h10-12,14H,3-9H2,1-2H3. The zero-order valence-electron chi connectivity index (χ0n) is 15.8. The van der Waals surface area contributed by atoms with Gasteiger partial charge in [0.15, 0.2) is 11.5 Å². The first-order valence-electron chi connectivity index (χ1n) is 9.66. The van der Waals surface area contributed by atoms with Crippen LogP contribution in [0, 0.1) is 6.92 Å². The second-order valence-electron chi connectivity index (χ2n) is 7.53. The molecule has 0 unspecified atom stereocenters. The third-order valence-corrected chi connectivity index (χ3v) is 5.76. The van der Waals surface area contributed by atoms with E-state index >= 15 is 0 Å². The molecule has 0 atom stereocenters. The van der Waals surface area contributed by atoms with E-state index < -0.39 is 0 Å². The van der Waals surface area contributed by atoms with E-state index in [-0.39, 0.29) is 0 Å². The molecule has 3 aromatic rings. The fourth-order valence-corrected chi connectivity index (χ4v) is 4.00. The number of anilines is 2. The molecule has 1 saturated heterocycles. The number of hydrogen-bond acceptors (Lipinski definition) is 7. The summed E-state index contributed by atoms with van der Waals surface area (Å²) in [6.07, 6.45) is 7.25. The van der Waals surface area contributed by atoms with Crippen LogP contribution in [0.4, 0.5) is 11.6 Å². The molecule has 1 saturated carbocycles. The lowest BCUT2D eigenvalue weighted by atomic mass is 9.83. The zero-order chi connectivity index (χ0) is 18.4. The highest BCUT2D eigenvalue weighted by Gasteiger charge is 2.25. The minimum atomic E-state index is 0.630. The van der Waals surface area contributed by atoms with Crippen LogP contribution in [0.15, 0.2) is 18.7 Å². The molecule has 4 heterocycles. The van der Waals surface area contributed by atoms with Crippen molar-refractivity contribution < 1.29 is 0 Å². The number of imidazole rings is 1. The Kier molecular flexibility index (Phi) is 3.91. The Morgan fingerprint density at radius 2 is 1.74 bits per heavy atom. The van der Waals surface area contributed by atoms with E-state index in [1.165, 1.54) is 25.0 Å². The molecule has 27 heavy (non-hydrogen) atoms. The summed E-state index contributed by atoms with van der Waals surface area (Å²) in [5.41, 5.74) is 2.97. The van der Waals surface area contributed by atoms with Crippen LogP contribution < -0.4 is 9.80 Å². The van der Waals surface area contributed by atoms with Crippen LogP contribution >= 0.6 is 0 Å². The molecule has 140 valence electrons. The van der Waals surface area contributed by atoms with E-state index in [1.54, 1.807) is 12.7 Å². The van der Waals surface area contributed by atoms with Crippen LogP contribution in [-0.2, 0) is 7.05 Å². The summed E-state index contributed by atoms with van der Waals surface area (Å²) in [4.78, 5) is 27.2. The third kappa shape index (κ3) is 2.89. The molecular weight excluding hydrogens is 340 g/mol. The van der Waals surface area contributed by atoms with Crippen molar-refractivity contribution in [2.45, 2.75) is 32.1 Å². The largest absolute Gasteiger partial charge is 0.353 e. The number of rotatable bonds is 3. The minimum Gasteiger partial charge on any atom is -0.353 e. The van der Waals surface area contributed by atoms with Gasteiger partial charge in [-0.05, 0) is 19.8 Å². The molecule has 8 heteroatoms. The highest BCUT2D eigenvalue weighted by Crippen LogP contribution is 2.36. The molecule has 0 amide bonds. The average molecular weight is 364 g/mol. The number of hydrogen-bond donors (Lipinski definition) is 0. The Bertz CT molecular complexity index is 969. The molecule has 8 nitrogen and oxygen atoms in total. The fraction of sp³-hybridized carbons (Fsp3) is 0.526. The quantitative estimate of drug-likeness (QED) is 0.704. The number of fused-ring (bicyclic) bond motifs is 1. The van der Waals surface area contributed by atoms with Crippen LogP contribution in [0.25, 0.3) is 11.2 Å². The smallest absolute Gasteiger partial charge is 0.182 e. The van der Waals surface area contributed by atoms with Gasteiger partial charge >= 0.3 is 0 Å². The van der Waals surface area contributed by atoms with E-state index in [9.17, 15) is 0 Å². The van der Waals surface area contributed by atoms with Gasteiger partial charge in [0.25, 0.3) is 0 Å². The van der Waals surface area contributed by atoms with Gasteiger partial charge in [0.1, 0.15) is 23.5 Å². The van der Waals surface area contributed by atoms with Gasteiger partial charge in [-0.25, -0.2) is 24.9 Å². The van der Waals surface area contributed by atoms with Gasteiger partial charge in [0.2, 0.25) is 0 Å². The van der Waals surface area contributed by atoms with Gasteiger partial charge in [0, 0.05) is 50.9 Å². The van der Waals surface area contributed by atoms with Gasteiger partial charge in [-0.2, -0.15) is 0 Å². The molecule has 0 spiro atoms. The van der Waals surface area contributed by atoms with Crippen molar-refractivity contribution in [1.29, 1.82) is 0 Å². The van der Waals surface area contributed by atoms with Crippen LogP contribution in [0.2, 0.25) is 0 Å². The third-order valence-electron chi connectivity index (χ3n) is 5.76. The second-order valence-corrected chi connectivity index (χ2v) is 7.53. The lowest BCUT2D eigenvalue weighted by Gasteiger charge is -2.36. The average Bonchev–Trinajstić information content (AvgIpc) is 3.01. The van der Waals surface area contributed by atoms with E-state index in [4.69, 9.17) is 4.98 Å². The van der Waals surface area contributed by atoms with Crippen LogP contribution in [-0.4, -0.2) is 55.7 Å². The first-order chi connectivity index (χ1) is 13.2. The summed E-state index contributed by atoms with van der Waals surface area (Å²) in [6, 6.07) is 2.20. The number of aromatic nitrogens is 6. The molecule has 1 aliphatic heterocycles. The molecule has 5 rings (SSSR count). The molecule has 0 N–H and O–H groups in total. The Balaban J connectivity index is 1.36. The van der Waals surface area contributed by atoms with Gasteiger partial charge in [-0.3, -0.25) is 0 Å². The molecule has 3 aromatic heterocycles. The minimum absolute atomic E-state index is 0.630. The summed E-state index contributed by atoms with van der Waals surface area (Å²) in [5.74, 6) is 3.54. The van der Waals surface area contributed by atoms with Crippen LogP contribution in [0.5, 0.6) is 0 Å². The monoisotopic (exact) mass is 364 g/mol. The van der Waals surface area contributed by atoms with Crippen molar-refractivity contribution in [3.8, 4) is 0 Å². The van der Waals surface area contributed by atoms with Crippen molar-refractivity contribution in [3.63, 3.8) is 0 Å². The second kappa shape index (κ2) is 6.44. The molecule has 2 aliphatic rings. The number of nitrogens with zero attached hydrogens (tertiary/aromatic N) is 8. The van der Waals surface area contributed by atoms with E-state index in [1.807, 2.05) is 18.5 Å². The Hall–Kier alpha value is -2.77. The Morgan fingerprint density at radius 3 is 2.48 bits per heavy atom. The summed E-state index contributed by atoms with van der Waals surface area (Å²) < 4.78 is 2.00. The van der Waals surface area contributed by atoms with E-state index in [0.29, 0.717) is 5.92 Å². The van der Waals surface area contributed by atoms with Crippen LogP contribution in [0.1, 0.15) is 36.7 Å². The van der Waals surface area contributed by atoms with Crippen molar-refractivity contribution in [3.05, 3.63) is 30.2 Å². The summed E-state index contributed by atoms with van der Waals surface area (Å²) >= 11 is 0. The molecular formula is C19H24N8. The molecule has 0 aromatic carbocycles. The topological polar surface area (TPSA) is 75.9 Å². The maximum atomic E-state index is 4.71. The molecule has 0 bridgehead atoms. The molecule has 1 aliphatic carbocycles. The highest BCUT2D eigenvalue weighted by molar-refractivity contribution is 5.83. The predicted molar refractivity (Wildman–Crippen MR) is 104 cm³/mol. The van der Waals surface area contributed by atoms with Gasteiger partial charge in [0.05, 0.1) is 6.33 Å². The van der Waals surface area contributed by atoms with Crippen molar-refractivity contribution in [1.82, 2.24) is 29.5 Å². The number of aryl methyl sites for hydroxylation is 2. The zero-order valence-corrected chi connectivity index (χ0v) is 15.8. The maximum absolute atomic E-state index is 4.71. The summed E-state index contributed by atoms with van der Waals surface area (Å²) in [7, 11) is 1.99. The lowest BCUT2D eigenvalue weighted by Crippen LogP contribution is -2.47. The maximum Gasteiger partial charge on any atom is 0.182 e. The van der Waals surface area contributed by atoms with E-state index in [2.05, 4.69) is 35.8 Å². The SMILES string of the molecule is Cc1nc(C2CCC2)cc(N2CCN(c3ncnc4ncn(C)c34)CC2)n1. The Labute approximate surface area is 158 Å². The first-order valence-corrected chi connectivity index (χ1v) is 9.66. The molecule has 0 radical (unpaired) electrons. The van der Waals surface area contributed by atoms with Crippen LogP contribution in [0.3, 0.4) is 0 Å². The predicted octanol–water partition coefficient (Wildman–Crippen LogP) is 2.06. The van der Waals surface area contributed by atoms with Gasteiger partial charge < -0.3 is 14.4 Å². The lowest BCUT2D eigenvalue weighted by molar-refractivity contribution is 0.410. The first kappa shape index (κ1) is 16.4. The highest BCUT2D eigenvalue weighted by atomic mass is 15.3. The van der Waals surface area contributed by atoms with Crippen molar-refractivity contribution in [2.75, 3.05) is 36.0 Å². The van der Waals surface area contributed by atoms with Crippen molar-refractivity contribution in [2.24, 2.45) is 7.05 Å². The normalized spacial score (nSPS) is 18.1. The number of piperazine rings is 1. The summed E-state index contributed by atoms with van der Waals surface area (Å²) in [5, 5.41) is 0.